The van der Waals surface area contributed by atoms with Gasteiger partial charge in [0.25, 0.3) is 5.91 Å². The molecule has 3 rings (SSSR count). The molecule has 0 aliphatic carbocycles. The molecule has 0 saturated heterocycles. The lowest BCUT2D eigenvalue weighted by Gasteiger charge is -2.15. The van der Waals surface area contributed by atoms with Gasteiger partial charge < -0.3 is 22.1 Å². The van der Waals surface area contributed by atoms with Crippen LogP contribution in [0.25, 0.3) is 11.3 Å². The minimum Gasteiger partial charge on any atom is -0.369 e. The second kappa shape index (κ2) is 11.5. The summed E-state index contributed by atoms with van der Waals surface area (Å²) < 4.78 is 13.5. The first-order valence-electron chi connectivity index (χ1n) is 10.7. The maximum absolute atomic E-state index is 13.5. The second-order valence-corrected chi connectivity index (χ2v) is 7.60. The molecule has 0 fully saturated rings. The zero-order valence-corrected chi connectivity index (χ0v) is 18.4. The number of nitriles is 1. The summed E-state index contributed by atoms with van der Waals surface area (Å²) in [6.45, 7) is 0.385. The molecule has 8 nitrogen and oxygen atoms in total. The van der Waals surface area contributed by atoms with Crippen LogP contribution in [0.3, 0.4) is 0 Å². The molecule has 1 unspecified atom stereocenters. The predicted octanol–water partition coefficient (Wildman–Crippen LogP) is 2.20. The van der Waals surface area contributed by atoms with Gasteiger partial charge in [0.05, 0.1) is 28.8 Å². The first-order chi connectivity index (χ1) is 16.4. The number of nitrogens with one attached hydrogen (secondary N) is 2. The van der Waals surface area contributed by atoms with Crippen molar-refractivity contribution < 1.29 is 14.0 Å². The number of carbonyl (C=O) groups is 2. The van der Waals surface area contributed by atoms with E-state index in [0.717, 1.165) is 5.56 Å². The maximum atomic E-state index is 13.5. The van der Waals surface area contributed by atoms with Crippen LogP contribution in [0.2, 0.25) is 0 Å². The van der Waals surface area contributed by atoms with Crippen molar-refractivity contribution in [2.45, 2.75) is 6.42 Å². The molecule has 2 amide bonds. The van der Waals surface area contributed by atoms with Gasteiger partial charge in [-0.2, -0.15) is 5.26 Å². The fourth-order valence-electron chi connectivity index (χ4n) is 3.36. The number of nitrogens with zero attached hydrogens (tertiary/aromatic N) is 2. The summed E-state index contributed by atoms with van der Waals surface area (Å²) in [6.07, 6.45) is 0.496. The number of aromatic nitrogens is 1. The van der Waals surface area contributed by atoms with Gasteiger partial charge in [0.1, 0.15) is 11.6 Å². The molecule has 3 aromatic rings. The quantitative estimate of drug-likeness (QED) is 0.365. The Hall–Kier alpha value is -4.29. The van der Waals surface area contributed by atoms with E-state index in [4.69, 9.17) is 11.5 Å². The molecular weight excluding hydrogens is 435 g/mol. The van der Waals surface area contributed by atoms with Crippen LogP contribution in [-0.4, -0.2) is 36.4 Å². The molecule has 174 valence electrons. The van der Waals surface area contributed by atoms with Gasteiger partial charge in [0.2, 0.25) is 5.91 Å². The monoisotopic (exact) mass is 460 g/mol. The van der Waals surface area contributed by atoms with Crippen LogP contribution >= 0.6 is 0 Å². The normalized spacial score (nSPS) is 11.3. The molecule has 2 aromatic carbocycles. The Morgan fingerprint density at radius 2 is 1.91 bits per heavy atom. The van der Waals surface area contributed by atoms with E-state index in [0.29, 0.717) is 35.6 Å². The molecular formula is C25H25FN6O2. The van der Waals surface area contributed by atoms with Gasteiger partial charge in [-0.1, -0.05) is 30.3 Å². The number of anilines is 1. The van der Waals surface area contributed by atoms with Crippen molar-refractivity contribution in [3.63, 3.8) is 0 Å². The minimum atomic E-state index is -0.692. The first-order valence-corrected chi connectivity index (χ1v) is 10.7. The number of primary amides is 1. The number of nitrogens with two attached hydrogens (primary N) is 2. The van der Waals surface area contributed by atoms with Crippen molar-refractivity contribution in [1.29, 1.82) is 5.26 Å². The number of hydrogen-bond donors (Lipinski definition) is 4. The van der Waals surface area contributed by atoms with Gasteiger partial charge in [-0.05, 0) is 42.3 Å². The van der Waals surface area contributed by atoms with Crippen LogP contribution in [0.5, 0.6) is 0 Å². The molecule has 6 N–H and O–H groups in total. The van der Waals surface area contributed by atoms with Gasteiger partial charge in [-0.15, -0.1) is 0 Å². The molecule has 0 aliphatic rings. The van der Waals surface area contributed by atoms with Crippen LogP contribution in [0.15, 0.2) is 60.7 Å². The smallest absolute Gasteiger partial charge is 0.255 e. The van der Waals surface area contributed by atoms with Crippen molar-refractivity contribution in [1.82, 2.24) is 10.3 Å². The third-order valence-corrected chi connectivity index (χ3v) is 5.25. The van der Waals surface area contributed by atoms with E-state index in [9.17, 15) is 19.2 Å². The third kappa shape index (κ3) is 6.15. The Morgan fingerprint density at radius 1 is 1.12 bits per heavy atom. The summed E-state index contributed by atoms with van der Waals surface area (Å²) in [5.41, 5.74) is 13.5. The summed E-state index contributed by atoms with van der Waals surface area (Å²) >= 11 is 0. The summed E-state index contributed by atoms with van der Waals surface area (Å²) in [5.74, 6) is -1.78. The van der Waals surface area contributed by atoms with E-state index >= 15 is 0 Å². The average Bonchev–Trinajstić information content (AvgIpc) is 2.84. The fourth-order valence-corrected chi connectivity index (χ4v) is 3.36. The molecule has 1 aromatic heterocycles. The SMILES string of the molecule is N#Cc1ccccc1-c1ccc(C(=O)NCC(CN)C(N)=O)c(NCCc2cccc(F)c2)n1. The first kappa shape index (κ1) is 24.4. The summed E-state index contributed by atoms with van der Waals surface area (Å²) in [7, 11) is 0. The van der Waals surface area contributed by atoms with Crippen molar-refractivity contribution in [3.8, 4) is 17.3 Å². The molecule has 1 heterocycles. The number of amides is 2. The number of hydrogen-bond acceptors (Lipinski definition) is 6. The van der Waals surface area contributed by atoms with Crippen LogP contribution in [0.4, 0.5) is 10.2 Å². The van der Waals surface area contributed by atoms with E-state index in [1.54, 1.807) is 42.5 Å². The standard InChI is InChI=1S/C25H25FN6O2/c26-19-6-3-4-16(12-19)10-11-30-24-21(25(34)31-15-18(14-28)23(29)33)8-9-22(32-24)20-7-2-1-5-17(20)13-27/h1-9,12,18H,10-11,14-15,28H2,(H2,29,33)(H,30,32)(H,31,34). The largest absolute Gasteiger partial charge is 0.369 e. The molecule has 0 radical (unpaired) electrons. The highest BCUT2D eigenvalue weighted by Crippen LogP contribution is 2.25. The molecule has 0 saturated carbocycles. The lowest BCUT2D eigenvalue weighted by atomic mass is 10.0. The van der Waals surface area contributed by atoms with Crippen LogP contribution in [-0.2, 0) is 11.2 Å². The van der Waals surface area contributed by atoms with Gasteiger partial charge in [0, 0.05) is 25.2 Å². The number of pyridine rings is 1. The molecule has 1 atom stereocenters. The van der Waals surface area contributed by atoms with Gasteiger partial charge in [-0.3, -0.25) is 9.59 Å². The Balaban J connectivity index is 1.86. The van der Waals surface area contributed by atoms with Crippen LogP contribution < -0.4 is 22.1 Å². The Morgan fingerprint density at radius 3 is 2.62 bits per heavy atom. The maximum Gasteiger partial charge on any atom is 0.255 e. The van der Waals surface area contributed by atoms with Crippen molar-refractivity contribution in [2.75, 3.05) is 25.0 Å². The minimum absolute atomic E-state index is 0.00752. The van der Waals surface area contributed by atoms with E-state index < -0.39 is 17.7 Å². The lowest BCUT2D eigenvalue weighted by molar-refractivity contribution is -0.121. The number of halogens is 1. The lowest BCUT2D eigenvalue weighted by Crippen LogP contribution is -2.40. The van der Waals surface area contributed by atoms with Gasteiger partial charge in [0.15, 0.2) is 0 Å². The molecule has 0 aliphatic heterocycles. The van der Waals surface area contributed by atoms with E-state index in [-0.39, 0.29) is 24.5 Å². The Labute approximate surface area is 196 Å². The van der Waals surface area contributed by atoms with Crippen molar-refractivity contribution in [3.05, 3.63) is 83.2 Å². The molecule has 0 bridgehead atoms. The predicted molar refractivity (Wildman–Crippen MR) is 127 cm³/mol. The van der Waals surface area contributed by atoms with Crippen LogP contribution in [0.1, 0.15) is 21.5 Å². The second-order valence-electron chi connectivity index (χ2n) is 7.60. The highest BCUT2D eigenvalue weighted by atomic mass is 19.1. The molecule has 9 heteroatoms. The van der Waals surface area contributed by atoms with E-state index in [1.807, 2.05) is 6.07 Å². The zero-order chi connectivity index (χ0) is 24.5. The van der Waals surface area contributed by atoms with Crippen molar-refractivity contribution >= 4 is 17.6 Å². The van der Waals surface area contributed by atoms with Crippen LogP contribution in [0, 0.1) is 23.1 Å². The van der Waals surface area contributed by atoms with Gasteiger partial charge in [-0.25, -0.2) is 9.37 Å². The Kier molecular flexibility index (Phi) is 8.26. The molecule has 0 spiro atoms. The summed E-state index contributed by atoms with van der Waals surface area (Å²) in [5, 5.41) is 15.2. The summed E-state index contributed by atoms with van der Waals surface area (Å²) in [4.78, 5) is 28.9. The number of rotatable bonds is 10. The highest BCUT2D eigenvalue weighted by Gasteiger charge is 2.19. The fraction of sp³-hybridized carbons (Fsp3) is 0.200. The number of carbonyl (C=O) groups excluding carboxylic acids is 2. The van der Waals surface area contributed by atoms with E-state index in [2.05, 4.69) is 21.7 Å². The van der Waals surface area contributed by atoms with Crippen molar-refractivity contribution in [2.24, 2.45) is 17.4 Å². The van der Waals surface area contributed by atoms with Gasteiger partial charge >= 0.3 is 0 Å². The number of benzene rings is 2. The van der Waals surface area contributed by atoms with E-state index in [1.165, 1.54) is 12.1 Å². The summed E-state index contributed by atoms with van der Waals surface area (Å²) in [6, 6.07) is 18.7. The molecule has 34 heavy (non-hydrogen) atoms. The highest BCUT2D eigenvalue weighted by molar-refractivity contribution is 5.99. The Bertz CT molecular complexity index is 1220. The topological polar surface area (TPSA) is 147 Å². The average molecular weight is 461 g/mol. The zero-order valence-electron chi connectivity index (χ0n) is 18.4. The third-order valence-electron chi connectivity index (χ3n) is 5.25.